The van der Waals surface area contributed by atoms with Gasteiger partial charge in [0.25, 0.3) is 0 Å². The molecule has 1 N–H and O–H groups in total. The van der Waals surface area contributed by atoms with Crippen molar-refractivity contribution in [3.8, 4) is 0 Å². The Balaban J connectivity index is 2.64. The maximum Gasteiger partial charge on any atom is 0.0198 e. The third-order valence-corrected chi connectivity index (χ3v) is 4.69. The van der Waals surface area contributed by atoms with Crippen LogP contribution >= 0.6 is 11.8 Å². The molecule has 0 aliphatic heterocycles. The van der Waals surface area contributed by atoms with Crippen molar-refractivity contribution in [3.63, 3.8) is 0 Å². The Morgan fingerprint density at radius 3 is 2.15 bits per heavy atom. The predicted octanol–water partition coefficient (Wildman–Crippen LogP) is 4.65. The summed E-state index contributed by atoms with van der Waals surface area (Å²) in [5.74, 6) is 1.19. The van der Waals surface area contributed by atoms with E-state index >= 15 is 0 Å². The van der Waals surface area contributed by atoms with Gasteiger partial charge in [-0.15, -0.1) is 0 Å². The lowest BCUT2D eigenvalue weighted by Gasteiger charge is -2.21. The fourth-order valence-corrected chi connectivity index (χ4v) is 3.07. The molecule has 0 saturated carbocycles. The van der Waals surface area contributed by atoms with Crippen LogP contribution in [-0.2, 0) is 11.8 Å². The first kappa shape index (κ1) is 17.6. The fraction of sp³-hybridized carbons (Fsp3) is 0.667. The van der Waals surface area contributed by atoms with E-state index < -0.39 is 0 Å². The number of hydrogen-bond acceptors (Lipinski definition) is 2. The summed E-state index contributed by atoms with van der Waals surface area (Å²) in [5.41, 5.74) is 3.10. The largest absolute Gasteiger partial charge is 0.313 e. The molecule has 0 aliphatic rings. The molecule has 0 aliphatic carbocycles. The quantitative estimate of drug-likeness (QED) is 0.785. The summed E-state index contributed by atoms with van der Waals surface area (Å²) in [7, 11) is 0. The van der Waals surface area contributed by atoms with Gasteiger partial charge >= 0.3 is 0 Å². The highest BCUT2D eigenvalue weighted by molar-refractivity contribution is 7.99. The zero-order valence-electron chi connectivity index (χ0n) is 14.0. The lowest BCUT2D eigenvalue weighted by Crippen LogP contribution is -2.33. The molecule has 0 fully saturated rings. The van der Waals surface area contributed by atoms with Crippen LogP contribution in [0.2, 0.25) is 0 Å². The van der Waals surface area contributed by atoms with Gasteiger partial charge in [0.2, 0.25) is 0 Å². The molecule has 0 heterocycles. The number of hydrogen-bond donors (Lipinski definition) is 1. The van der Waals surface area contributed by atoms with Gasteiger partial charge in [0.05, 0.1) is 0 Å². The van der Waals surface area contributed by atoms with E-state index in [1.54, 1.807) is 0 Å². The molecule has 0 aromatic heterocycles. The maximum atomic E-state index is 3.61. The lowest BCUT2D eigenvalue weighted by atomic mass is 9.86. The minimum Gasteiger partial charge on any atom is -0.313 e. The van der Waals surface area contributed by atoms with E-state index in [0.29, 0.717) is 11.3 Å². The number of thioether (sulfide) groups is 1. The zero-order chi connectivity index (χ0) is 15.2. The van der Waals surface area contributed by atoms with Gasteiger partial charge in [-0.05, 0) is 34.8 Å². The molecule has 1 atom stereocenters. The van der Waals surface area contributed by atoms with E-state index in [4.69, 9.17) is 0 Å². The molecule has 1 rings (SSSR count). The molecule has 0 bridgehead atoms. The normalized spacial score (nSPS) is 13.8. The molecule has 1 unspecified atom stereocenters. The van der Waals surface area contributed by atoms with Crippen molar-refractivity contribution < 1.29 is 0 Å². The van der Waals surface area contributed by atoms with Crippen LogP contribution in [0.4, 0.5) is 0 Å². The Labute approximate surface area is 129 Å². The lowest BCUT2D eigenvalue weighted by molar-refractivity contribution is 0.570. The SMILES string of the molecule is CCNC(CSC(C)C)Cc1ccc(C(C)(C)C)cc1. The van der Waals surface area contributed by atoms with Gasteiger partial charge in [-0.2, -0.15) is 11.8 Å². The first-order valence-corrected chi connectivity index (χ1v) is 8.82. The molecule has 2 heteroatoms. The Morgan fingerprint density at radius 2 is 1.70 bits per heavy atom. The van der Waals surface area contributed by atoms with Gasteiger partial charge < -0.3 is 5.32 Å². The predicted molar refractivity (Wildman–Crippen MR) is 93.9 cm³/mol. The highest BCUT2D eigenvalue weighted by Crippen LogP contribution is 2.22. The molecule has 20 heavy (non-hydrogen) atoms. The zero-order valence-corrected chi connectivity index (χ0v) is 14.8. The van der Waals surface area contributed by atoms with Crippen LogP contribution < -0.4 is 5.32 Å². The average molecular weight is 294 g/mol. The summed E-state index contributed by atoms with van der Waals surface area (Å²) in [6, 6.07) is 9.74. The van der Waals surface area contributed by atoms with Crippen LogP contribution in [0.1, 0.15) is 52.7 Å². The minimum atomic E-state index is 0.243. The van der Waals surface area contributed by atoms with Crippen LogP contribution in [0.3, 0.4) is 0 Å². The van der Waals surface area contributed by atoms with E-state index in [-0.39, 0.29) is 5.41 Å². The Kier molecular flexibility index (Phi) is 7.11. The summed E-state index contributed by atoms with van der Waals surface area (Å²) >= 11 is 2.04. The van der Waals surface area contributed by atoms with Gasteiger partial charge in [0.15, 0.2) is 0 Å². The number of benzene rings is 1. The Morgan fingerprint density at radius 1 is 1.10 bits per heavy atom. The van der Waals surface area contributed by atoms with Gasteiger partial charge in [-0.25, -0.2) is 0 Å². The van der Waals surface area contributed by atoms with E-state index in [2.05, 4.69) is 71.1 Å². The Bertz CT molecular complexity index is 375. The summed E-state index contributed by atoms with van der Waals surface area (Å²) in [6.45, 7) is 14.6. The summed E-state index contributed by atoms with van der Waals surface area (Å²) in [5, 5.41) is 4.32. The molecule has 0 spiro atoms. The number of rotatable bonds is 7. The van der Waals surface area contributed by atoms with Gasteiger partial charge in [-0.1, -0.05) is 65.8 Å². The standard InChI is InChI=1S/C18H31NS/c1-7-19-17(13-20-14(2)3)12-15-8-10-16(11-9-15)18(4,5)6/h8-11,14,17,19H,7,12-13H2,1-6H3. The van der Waals surface area contributed by atoms with Gasteiger partial charge in [0.1, 0.15) is 0 Å². The fourth-order valence-electron chi connectivity index (χ4n) is 2.21. The molecule has 0 radical (unpaired) electrons. The second-order valence-electron chi connectivity index (χ2n) is 6.79. The summed E-state index contributed by atoms with van der Waals surface area (Å²) < 4.78 is 0. The molecule has 1 nitrogen and oxygen atoms in total. The van der Waals surface area contributed by atoms with Crippen molar-refractivity contribution in [2.45, 2.75) is 64.7 Å². The van der Waals surface area contributed by atoms with Crippen LogP contribution in [0.15, 0.2) is 24.3 Å². The van der Waals surface area contributed by atoms with Crippen molar-refractivity contribution in [2.24, 2.45) is 0 Å². The monoisotopic (exact) mass is 293 g/mol. The molecule has 1 aromatic rings. The minimum absolute atomic E-state index is 0.243. The second kappa shape index (κ2) is 8.09. The van der Waals surface area contributed by atoms with Gasteiger partial charge in [0, 0.05) is 11.8 Å². The summed E-state index contributed by atoms with van der Waals surface area (Å²) in [4.78, 5) is 0. The average Bonchev–Trinajstić information content (AvgIpc) is 2.36. The molecule has 0 saturated heterocycles. The molecular weight excluding hydrogens is 262 g/mol. The molecule has 1 aromatic carbocycles. The third-order valence-electron chi connectivity index (χ3n) is 3.43. The van der Waals surface area contributed by atoms with Crippen molar-refractivity contribution >= 4 is 11.8 Å². The Hall–Kier alpha value is -0.470. The van der Waals surface area contributed by atoms with Crippen molar-refractivity contribution in [3.05, 3.63) is 35.4 Å². The molecule has 0 amide bonds. The highest BCUT2D eigenvalue weighted by Gasteiger charge is 2.14. The number of nitrogens with one attached hydrogen (secondary N) is 1. The first-order valence-electron chi connectivity index (χ1n) is 7.77. The molecular formula is C18H31NS. The second-order valence-corrected chi connectivity index (χ2v) is 8.40. The van der Waals surface area contributed by atoms with E-state index in [0.717, 1.165) is 13.0 Å². The topological polar surface area (TPSA) is 12.0 Å². The van der Waals surface area contributed by atoms with Crippen LogP contribution in [0, 0.1) is 0 Å². The van der Waals surface area contributed by atoms with E-state index in [1.165, 1.54) is 16.9 Å². The highest BCUT2D eigenvalue weighted by atomic mass is 32.2. The van der Waals surface area contributed by atoms with E-state index in [1.807, 2.05) is 11.8 Å². The van der Waals surface area contributed by atoms with Crippen LogP contribution in [0.25, 0.3) is 0 Å². The number of likely N-dealkylation sites (N-methyl/N-ethyl adjacent to an activating group) is 1. The third kappa shape index (κ3) is 6.32. The molecule has 114 valence electrons. The van der Waals surface area contributed by atoms with Gasteiger partial charge in [-0.3, -0.25) is 0 Å². The van der Waals surface area contributed by atoms with Crippen molar-refractivity contribution in [1.29, 1.82) is 0 Å². The summed E-state index contributed by atoms with van der Waals surface area (Å²) in [6.07, 6.45) is 1.12. The maximum absolute atomic E-state index is 3.61. The van der Waals surface area contributed by atoms with Crippen LogP contribution in [0.5, 0.6) is 0 Å². The van der Waals surface area contributed by atoms with Crippen LogP contribution in [-0.4, -0.2) is 23.6 Å². The van der Waals surface area contributed by atoms with Crippen molar-refractivity contribution in [2.75, 3.05) is 12.3 Å². The van der Waals surface area contributed by atoms with E-state index in [9.17, 15) is 0 Å². The van der Waals surface area contributed by atoms with Crippen molar-refractivity contribution in [1.82, 2.24) is 5.32 Å². The first-order chi connectivity index (χ1) is 9.32. The smallest absolute Gasteiger partial charge is 0.0198 e.